The van der Waals surface area contributed by atoms with Gasteiger partial charge in [-0.05, 0) is 19.4 Å². The highest BCUT2D eigenvalue weighted by atomic mass is 35.5. The van der Waals surface area contributed by atoms with Gasteiger partial charge in [0.25, 0.3) is 17.5 Å². The number of fused-ring (bicyclic) bond motifs is 1. The normalized spacial score (nSPS) is 17.2. The fraction of sp³-hybridized carbons (Fsp3) is 0.474. The Labute approximate surface area is 177 Å². The number of nitro benzene ring substituents is 1. The number of piperazine rings is 1. The van der Waals surface area contributed by atoms with E-state index in [4.69, 9.17) is 11.6 Å². The zero-order valence-electron chi connectivity index (χ0n) is 16.4. The van der Waals surface area contributed by atoms with Crippen LogP contribution in [0.2, 0.25) is 0 Å². The van der Waals surface area contributed by atoms with Crippen LogP contribution in [0.3, 0.4) is 0 Å². The van der Waals surface area contributed by atoms with Crippen LogP contribution < -0.4 is 0 Å². The van der Waals surface area contributed by atoms with Gasteiger partial charge >= 0.3 is 0 Å². The van der Waals surface area contributed by atoms with Crippen molar-refractivity contribution in [3.8, 4) is 0 Å². The summed E-state index contributed by atoms with van der Waals surface area (Å²) in [6, 6.07) is 3.57. The minimum Gasteiger partial charge on any atom is -0.339 e. The molecule has 0 aromatic heterocycles. The summed E-state index contributed by atoms with van der Waals surface area (Å²) in [4.78, 5) is 63.7. The van der Waals surface area contributed by atoms with Crippen molar-refractivity contribution in [1.29, 1.82) is 0 Å². The number of carbonyl (C=O) groups excluding carboxylic acids is 4. The SMILES string of the molecule is CC(Cl)C(=O)N1CCN(C(=O)CCCN2C(=O)c3ccc([N+](=O)[O-])cc3C2=O)CC1. The van der Waals surface area contributed by atoms with Crippen molar-refractivity contribution in [1.82, 2.24) is 14.7 Å². The molecule has 11 heteroatoms. The summed E-state index contributed by atoms with van der Waals surface area (Å²) in [5, 5.41) is 10.3. The van der Waals surface area contributed by atoms with Gasteiger partial charge in [0.15, 0.2) is 0 Å². The van der Waals surface area contributed by atoms with E-state index in [0.29, 0.717) is 26.2 Å². The Balaban J connectivity index is 1.50. The molecule has 1 aromatic carbocycles. The maximum atomic E-state index is 12.5. The molecule has 0 radical (unpaired) electrons. The fourth-order valence-electron chi connectivity index (χ4n) is 3.57. The molecule has 1 aromatic rings. The highest BCUT2D eigenvalue weighted by Gasteiger charge is 2.36. The van der Waals surface area contributed by atoms with Crippen molar-refractivity contribution in [2.45, 2.75) is 25.1 Å². The standard InChI is InChI=1S/C19H21ClN4O6/c1-12(20)17(26)22-9-7-21(8-10-22)16(25)3-2-6-23-18(27)14-5-4-13(24(29)30)11-15(14)19(23)28/h4-5,11-12H,2-3,6-10H2,1H3. The van der Waals surface area contributed by atoms with Gasteiger partial charge in [0.1, 0.15) is 5.38 Å². The number of alkyl halides is 1. The molecule has 1 fully saturated rings. The second-order valence-electron chi connectivity index (χ2n) is 7.17. The van der Waals surface area contributed by atoms with E-state index in [-0.39, 0.29) is 48.0 Å². The van der Waals surface area contributed by atoms with Crippen LogP contribution >= 0.6 is 11.6 Å². The van der Waals surface area contributed by atoms with Crippen molar-refractivity contribution in [2.24, 2.45) is 0 Å². The van der Waals surface area contributed by atoms with Crippen molar-refractivity contribution in [3.63, 3.8) is 0 Å². The van der Waals surface area contributed by atoms with Gasteiger partial charge < -0.3 is 9.80 Å². The zero-order valence-corrected chi connectivity index (χ0v) is 17.1. The van der Waals surface area contributed by atoms with Crippen LogP contribution in [-0.2, 0) is 9.59 Å². The number of benzene rings is 1. The topological polar surface area (TPSA) is 121 Å². The van der Waals surface area contributed by atoms with E-state index in [9.17, 15) is 29.3 Å². The van der Waals surface area contributed by atoms with Crippen LogP contribution in [0, 0.1) is 10.1 Å². The van der Waals surface area contributed by atoms with Crippen molar-refractivity contribution in [3.05, 3.63) is 39.4 Å². The van der Waals surface area contributed by atoms with Gasteiger partial charge in [-0.2, -0.15) is 0 Å². The number of hydrogen-bond acceptors (Lipinski definition) is 6. The van der Waals surface area contributed by atoms with Crippen LogP contribution in [0.5, 0.6) is 0 Å². The molecule has 160 valence electrons. The van der Waals surface area contributed by atoms with Crippen molar-refractivity contribution < 1.29 is 24.1 Å². The molecule has 0 N–H and O–H groups in total. The van der Waals surface area contributed by atoms with E-state index < -0.39 is 22.1 Å². The van der Waals surface area contributed by atoms with E-state index in [2.05, 4.69) is 0 Å². The Morgan fingerprint density at radius 2 is 1.70 bits per heavy atom. The zero-order chi connectivity index (χ0) is 22.0. The lowest BCUT2D eigenvalue weighted by Gasteiger charge is -2.35. The van der Waals surface area contributed by atoms with E-state index in [1.165, 1.54) is 12.1 Å². The van der Waals surface area contributed by atoms with Gasteiger partial charge in [-0.15, -0.1) is 11.6 Å². The molecule has 0 bridgehead atoms. The molecule has 0 saturated carbocycles. The van der Waals surface area contributed by atoms with E-state index in [1.807, 2.05) is 0 Å². The minimum atomic E-state index is -0.625. The summed E-state index contributed by atoms with van der Waals surface area (Å²) in [7, 11) is 0. The highest BCUT2D eigenvalue weighted by Crippen LogP contribution is 2.27. The maximum Gasteiger partial charge on any atom is 0.270 e. The molecule has 2 aliphatic rings. The number of carbonyl (C=O) groups is 4. The number of nitrogens with zero attached hydrogens (tertiary/aromatic N) is 4. The molecule has 10 nitrogen and oxygen atoms in total. The molecular weight excluding hydrogens is 416 g/mol. The third-order valence-corrected chi connectivity index (χ3v) is 5.41. The Kier molecular flexibility index (Phi) is 6.35. The van der Waals surface area contributed by atoms with Crippen LogP contribution in [0.4, 0.5) is 5.69 Å². The number of imide groups is 1. The van der Waals surface area contributed by atoms with Crippen LogP contribution in [-0.4, -0.2) is 81.4 Å². The smallest absolute Gasteiger partial charge is 0.270 e. The predicted octanol–water partition coefficient (Wildman–Crippen LogP) is 1.27. The van der Waals surface area contributed by atoms with Crippen LogP contribution in [0.25, 0.3) is 0 Å². The van der Waals surface area contributed by atoms with Crippen molar-refractivity contribution in [2.75, 3.05) is 32.7 Å². The number of hydrogen-bond donors (Lipinski definition) is 0. The fourth-order valence-corrected chi connectivity index (χ4v) is 3.71. The monoisotopic (exact) mass is 436 g/mol. The largest absolute Gasteiger partial charge is 0.339 e. The van der Waals surface area contributed by atoms with E-state index >= 15 is 0 Å². The van der Waals surface area contributed by atoms with Gasteiger partial charge in [0.05, 0.1) is 16.1 Å². The lowest BCUT2D eigenvalue weighted by molar-refractivity contribution is -0.384. The third-order valence-electron chi connectivity index (χ3n) is 5.22. The number of rotatable bonds is 6. The van der Waals surface area contributed by atoms with E-state index in [1.54, 1.807) is 16.7 Å². The third kappa shape index (κ3) is 4.28. The van der Waals surface area contributed by atoms with Crippen LogP contribution in [0.1, 0.15) is 40.5 Å². The lowest BCUT2D eigenvalue weighted by Crippen LogP contribution is -2.52. The van der Waals surface area contributed by atoms with Gasteiger partial charge in [-0.1, -0.05) is 0 Å². The summed E-state index contributed by atoms with van der Waals surface area (Å²) in [5.41, 5.74) is -0.116. The number of non-ortho nitro benzene ring substituents is 1. The quantitative estimate of drug-likeness (QED) is 0.286. The Bertz CT molecular complexity index is 910. The van der Waals surface area contributed by atoms with Gasteiger partial charge in [-0.3, -0.25) is 34.2 Å². The molecule has 1 atom stereocenters. The van der Waals surface area contributed by atoms with E-state index in [0.717, 1.165) is 11.0 Å². The number of halogens is 1. The molecule has 2 aliphatic heterocycles. The number of amides is 4. The van der Waals surface area contributed by atoms with Gasteiger partial charge in [-0.25, -0.2) is 0 Å². The Morgan fingerprint density at radius 3 is 2.30 bits per heavy atom. The first kappa shape index (κ1) is 21.7. The second kappa shape index (κ2) is 8.78. The summed E-state index contributed by atoms with van der Waals surface area (Å²) in [5.74, 6) is -1.38. The minimum absolute atomic E-state index is 0.00911. The second-order valence-corrected chi connectivity index (χ2v) is 7.83. The summed E-state index contributed by atoms with van der Waals surface area (Å²) >= 11 is 5.81. The molecule has 30 heavy (non-hydrogen) atoms. The summed E-state index contributed by atoms with van der Waals surface area (Å²) < 4.78 is 0. The molecule has 1 unspecified atom stereocenters. The summed E-state index contributed by atoms with van der Waals surface area (Å²) in [6.45, 7) is 3.31. The first-order valence-electron chi connectivity index (χ1n) is 9.56. The molecule has 3 rings (SSSR count). The lowest BCUT2D eigenvalue weighted by atomic mass is 10.1. The first-order chi connectivity index (χ1) is 14.2. The molecule has 0 spiro atoms. The van der Waals surface area contributed by atoms with Crippen molar-refractivity contribution >= 4 is 40.9 Å². The molecule has 2 heterocycles. The highest BCUT2D eigenvalue weighted by molar-refractivity contribution is 6.30. The Hall–Kier alpha value is -3.01. The summed E-state index contributed by atoms with van der Waals surface area (Å²) in [6.07, 6.45) is 0.428. The predicted molar refractivity (Wildman–Crippen MR) is 106 cm³/mol. The average molecular weight is 437 g/mol. The Morgan fingerprint density at radius 1 is 1.10 bits per heavy atom. The van der Waals surface area contributed by atoms with Gasteiger partial charge in [0.2, 0.25) is 11.8 Å². The average Bonchev–Trinajstić information content (AvgIpc) is 2.97. The molecular formula is C19H21ClN4O6. The number of nitro groups is 1. The molecule has 0 aliphatic carbocycles. The maximum absolute atomic E-state index is 12.5. The first-order valence-corrected chi connectivity index (χ1v) is 9.99. The molecule has 1 saturated heterocycles. The molecule has 4 amide bonds. The van der Waals surface area contributed by atoms with Gasteiger partial charge in [0, 0.05) is 51.3 Å². The van der Waals surface area contributed by atoms with Crippen LogP contribution in [0.15, 0.2) is 18.2 Å².